The van der Waals surface area contributed by atoms with Crippen LogP contribution < -0.4 is 20.2 Å². The summed E-state index contributed by atoms with van der Waals surface area (Å²) in [7, 11) is 0. The molecule has 1 atom stereocenters. The van der Waals surface area contributed by atoms with Crippen LogP contribution in [0.25, 0.3) is 6.08 Å². The molecule has 0 saturated carbocycles. The minimum atomic E-state index is -0.704. The van der Waals surface area contributed by atoms with E-state index < -0.39 is 6.04 Å². The van der Waals surface area contributed by atoms with Crippen LogP contribution in [0.1, 0.15) is 34.9 Å². The summed E-state index contributed by atoms with van der Waals surface area (Å²) in [6, 6.07) is 14.4. The molecule has 5 rings (SSSR count). The fourth-order valence-corrected chi connectivity index (χ4v) is 5.66. The number of hydrogen-bond donors (Lipinski definition) is 1. The summed E-state index contributed by atoms with van der Waals surface area (Å²) in [5, 5.41) is 4.96. The zero-order valence-electron chi connectivity index (χ0n) is 18.3. The number of aryl methyl sites for hydroxylation is 2. The van der Waals surface area contributed by atoms with E-state index in [1.54, 1.807) is 22.8 Å². The Kier molecular flexibility index (Phi) is 5.47. The highest BCUT2D eigenvalue weighted by molar-refractivity contribution is 7.11. The average Bonchev–Trinajstić information content (AvgIpc) is 3.51. The van der Waals surface area contributed by atoms with E-state index in [1.807, 2.05) is 73.8 Å². The maximum atomic E-state index is 13.5. The topological polar surface area (TPSA) is 76.6 Å². The Bertz CT molecular complexity index is 1570. The predicted octanol–water partition coefficient (Wildman–Crippen LogP) is 4.15. The molecule has 166 valence electrons. The predicted molar refractivity (Wildman–Crippen MR) is 131 cm³/mol. The normalized spacial score (nSPS) is 16.0. The van der Waals surface area contributed by atoms with Crippen molar-refractivity contribution < 1.29 is 9.21 Å². The van der Waals surface area contributed by atoms with E-state index in [0.29, 0.717) is 37.8 Å². The first kappa shape index (κ1) is 21.4. The van der Waals surface area contributed by atoms with Crippen molar-refractivity contribution in [1.29, 1.82) is 0 Å². The molecule has 1 aliphatic rings. The Morgan fingerprint density at radius 2 is 1.94 bits per heavy atom. The van der Waals surface area contributed by atoms with Gasteiger partial charge in [0.1, 0.15) is 17.6 Å². The minimum Gasteiger partial charge on any atom is -0.464 e. The molecule has 0 aliphatic carbocycles. The highest BCUT2D eigenvalue weighted by Crippen LogP contribution is 2.32. The van der Waals surface area contributed by atoms with Crippen LogP contribution in [-0.4, -0.2) is 10.5 Å². The highest BCUT2D eigenvalue weighted by Gasteiger charge is 2.34. The number of carbonyl (C=O) groups is 1. The van der Waals surface area contributed by atoms with Gasteiger partial charge in [-0.3, -0.25) is 14.2 Å². The van der Waals surface area contributed by atoms with Crippen molar-refractivity contribution in [2.75, 3.05) is 5.32 Å². The molecule has 0 saturated heterocycles. The van der Waals surface area contributed by atoms with Crippen LogP contribution in [0.2, 0.25) is 0 Å². The summed E-state index contributed by atoms with van der Waals surface area (Å²) in [5.41, 5.74) is 2.42. The van der Waals surface area contributed by atoms with Gasteiger partial charge in [-0.05, 0) is 62.1 Å². The number of rotatable bonds is 4. The largest absolute Gasteiger partial charge is 0.464 e. The van der Waals surface area contributed by atoms with Gasteiger partial charge in [-0.2, -0.15) is 0 Å². The Morgan fingerprint density at radius 3 is 2.64 bits per heavy atom. The molecule has 0 bridgehead atoms. The third kappa shape index (κ3) is 3.92. The molecule has 3 aromatic heterocycles. The molecule has 1 N–H and O–H groups in total. The van der Waals surface area contributed by atoms with Gasteiger partial charge in [-0.1, -0.05) is 35.6 Å². The number of thiophene rings is 1. The number of thiazole rings is 1. The number of allylic oxidation sites excluding steroid dienone is 1. The van der Waals surface area contributed by atoms with Crippen molar-refractivity contribution >= 4 is 40.3 Å². The van der Waals surface area contributed by atoms with Crippen LogP contribution in [0.15, 0.2) is 79.4 Å². The molecule has 0 radical (unpaired) electrons. The summed E-state index contributed by atoms with van der Waals surface area (Å²) in [6.07, 6.45) is 1.87. The number of carbonyl (C=O) groups excluding carboxylic acids is 1. The SMILES string of the molecule is CC1=C(C(=O)Nc2ccccc2C)[C@@H](c2ccc(C)o2)n2c(s/c(=C/c3cccs3)c2=O)=N1. The van der Waals surface area contributed by atoms with Crippen LogP contribution in [-0.2, 0) is 4.79 Å². The molecule has 33 heavy (non-hydrogen) atoms. The molecule has 4 heterocycles. The van der Waals surface area contributed by atoms with Crippen LogP contribution in [0, 0.1) is 13.8 Å². The number of nitrogens with zero attached hydrogens (tertiary/aromatic N) is 2. The minimum absolute atomic E-state index is 0.195. The molecular formula is C25H21N3O3S2. The number of furan rings is 1. The lowest BCUT2D eigenvalue weighted by atomic mass is 10.00. The van der Waals surface area contributed by atoms with Gasteiger partial charge in [0.05, 0.1) is 15.8 Å². The van der Waals surface area contributed by atoms with Gasteiger partial charge in [-0.25, -0.2) is 4.99 Å². The van der Waals surface area contributed by atoms with Gasteiger partial charge in [-0.15, -0.1) is 11.3 Å². The fourth-order valence-electron chi connectivity index (χ4n) is 3.89. The fraction of sp³-hybridized carbons (Fsp3) is 0.160. The van der Waals surface area contributed by atoms with E-state index in [4.69, 9.17) is 4.42 Å². The number of hydrogen-bond acceptors (Lipinski definition) is 6. The Labute approximate surface area is 197 Å². The van der Waals surface area contributed by atoms with Crippen molar-refractivity contribution in [2.24, 2.45) is 4.99 Å². The molecule has 0 spiro atoms. The molecule has 8 heteroatoms. The number of amides is 1. The van der Waals surface area contributed by atoms with Gasteiger partial charge in [0.2, 0.25) is 0 Å². The number of aromatic nitrogens is 1. The van der Waals surface area contributed by atoms with Crippen LogP contribution in [0.4, 0.5) is 5.69 Å². The van der Waals surface area contributed by atoms with Crippen molar-refractivity contribution in [3.05, 3.63) is 107 Å². The standard InChI is InChI=1S/C25H21N3O3S2/c1-14-7-4-5-9-18(14)27-23(29)21-16(3)26-25-28(22(21)19-11-10-15(2)31-19)24(30)20(33-25)13-17-8-6-12-32-17/h4-13,22H,1-3H3,(H,27,29)/b20-13+/t22-/m1/s1. The van der Waals surface area contributed by atoms with Crippen molar-refractivity contribution in [2.45, 2.75) is 26.8 Å². The lowest BCUT2D eigenvalue weighted by Crippen LogP contribution is -2.40. The lowest BCUT2D eigenvalue weighted by molar-refractivity contribution is -0.113. The third-order valence-corrected chi connectivity index (χ3v) is 7.31. The summed E-state index contributed by atoms with van der Waals surface area (Å²) < 4.78 is 8.07. The van der Waals surface area contributed by atoms with E-state index >= 15 is 0 Å². The van der Waals surface area contributed by atoms with Gasteiger partial charge < -0.3 is 9.73 Å². The van der Waals surface area contributed by atoms with Crippen molar-refractivity contribution in [3.63, 3.8) is 0 Å². The van der Waals surface area contributed by atoms with E-state index in [1.165, 1.54) is 11.3 Å². The van der Waals surface area contributed by atoms with Gasteiger partial charge in [0.15, 0.2) is 4.80 Å². The first-order valence-corrected chi connectivity index (χ1v) is 12.1. The summed E-state index contributed by atoms with van der Waals surface area (Å²) in [5.74, 6) is 0.927. The smallest absolute Gasteiger partial charge is 0.271 e. The van der Waals surface area contributed by atoms with E-state index in [0.717, 1.165) is 10.4 Å². The van der Waals surface area contributed by atoms with Gasteiger partial charge >= 0.3 is 0 Å². The van der Waals surface area contributed by atoms with Crippen molar-refractivity contribution in [3.8, 4) is 0 Å². The monoisotopic (exact) mass is 475 g/mol. The Hall–Kier alpha value is -3.49. The molecule has 0 unspecified atom stereocenters. The first-order valence-electron chi connectivity index (χ1n) is 10.4. The Balaban J connectivity index is 1.67. The number of anilines is 1. The van der Waals surface area contributed by atoms with E-state index in [-0.39, 0.29) is 11.5 Å². The molecule has 1 aliphatic heterocycles. The van der Waals surface area contributed by atoms with Crippen molar-refractivity contribution in [1.82, 2.24) is 4.57 Å². The zero-order chi connectivity index (χ0) is 23.1. The van der Waals surface area contributed by atoms with E-state index in [2.05, 4.69) is 10.3 Å². The molecule has 6 nitrogen and oxygen atoms in total. The van der Waals surface area contributed by atoms with E-state index in [9.17, 15) is 9.59 Å². The maximum absolute atomic E-state index is 13.5. The third-order valence-electron chi connectivity index (χ3n) is 5.51. The number of benzene rings is 1. The first-order chi connectivity index (χ1) is 15.9. The second-order valence-corrected chi connectivity index (χ2v) is 9.80. The maximum Gasteiger partial charge on any atom is 0.271 e. The van der Waals surface area contributed by atoms with Gasteiger partial charge in [0, 0.05) is 10.6 Å². The summed E-state index contributed by atoms with van der Waals surface area (Å²) in [4.78, 5) is 33.2. The number of nitrogens with one attached hydrogen (secondary N) is 1. The van der Waals surface area contributed by atoms with Crippen LogP contribution >= 0.6 is 22.7 Å². The molecule has 0 fully saturated rings. The summed E-state index contributed by atoms with van der Waals surface area (Å²) in [6.45, 7) is 5.57. The highest BCUT2D eigenvalue weighted by atomic mass is 32.1. The van der Waals surface area contributed by atoms with Crippen LogP contribution in [0.3, 0.4) is 0 Å². The molecule has 4 aromatic rings. The zero-order valence-corrected chi connectivity index (χ0v) is 19.9. The molecule has 1 amide bonds. The molecular weight excluding hydrogens is 454 g/mol. The number of para-hydroxylation sites is 1. The Morgan fingerprint density at radius 1 is 1.12 bits per heavy atom. The average molecular weight is 476 g/mol. The van der Waals surface area contributed by atoms with Crippen LogP contribution in [0.5, 0.6) is 0 Å². The molecule has 1 aromatic carbocycles. The lowest BCUT2D eigenvalue weighted by Gasteiger charge is -2.23. The second kappa shape index (κ2) is 8.46. The quantitative estimate of drug-likeness (QED) is 0.482. The second-order valence-electron chi connectivity index (χ2n) is 7.81. The van der Waals surface area contributed by atoms with Gasteiger partial charge in [0.25, 0.3) is 11.5 Å². The number of fused-ring (bicyclic) bond motifs is 1. The summed E-state index contributed by atoms with van der Waals surface area (Å²) >= 11 is 2.88.